The number of nitrogens with two attached hydrogens (primary N) is 6. The molecule has 11 heteroatoms. The normalized spacial score (nSPS) is 10.6. The van der Waals surface area contributed by atoms with Gasteiger partial charge >= 0.3 is 0 Å². The number of nitrogens with zero attached hydrogens (tertiary/aromatic N) is 3. The fraction of sp³-hybridized carbons (Fsp3) is 0.185. The van der Waals surface area contributed by atoms with Crippen molar-refractivity contribution in [3.05, 3.63) is 194 Å². The summed E-state index contributed by atoms with van der Waals surface area (Å²) < 4.78 is 11.3. The third kappa shape index (κ3) is 16.7. The summed E-state index contributed by atoms with van der Waals surface area (Å²) >= 11 is 0. The highest BCUT2D eigenvalue weighted by Crippen LogP contribution is 2.32. The second kappa shape index (κ2) is 25.9. The van der Waals surface area contributed by atoms with E-state index in [0.717, 1.165) is 48.1 Å². The summed E-state index contributed by atoms with van der Waals surface area (Å²) in [6.45, 7) is 17.9. The minimum absolute atomic E-state index is 0.448. The van der Waals surface area contributed by atoms with Gasteiger partial charge in [-0.05, 0) is 129 Å². The van der Waals surface area contributed by atoms with Crippen LogP contribution in [0.3, 0.4) is 0 Å². The number of hydrogen-bond acceptors (Lipinski definition) is 11. The van der Waals surface area contributed by atoms with Crippen molar-refractivity contribution in [3.63, 3.8) is 0 Å². The summed E-state index contributed by atoms with van der Waals surface area (Å²) in [5.74, 6) is 1.50. The number of aryl methyl sites for hydroxylation is 3. The van der Waals surface area contributed by atoms with Crippen LogP contribution >= 0.6 is 0 Å². The second-order valence-corrected chi connectivity index (χ2v) is 15.5. The molecule has 0 aliphatic heterocycles. The standard InChI is InChI=1S/C20H25N3O.C18H23N3O.C16H19N3/c1-3-11-23(18-8-6-7-16(2)14-18)12-4-5-13-24-20-15-17(21)9-10-19(20)22;1-14-6-5-7-16(12-14)22-11-4-3-10-21(2)18-13-15(19)8-9-17(18)20;1-3-10-19(14-7-4-12(2)5-8-14)16-9-6-13(17)11-15(16)18/h3-10,14-15H,1,11-13,21-22H2,2H3;3-9,12-13H,10-11,19-20H2,1-2H3;3-9,11H,1,10,17-18H2,2H3/b5-4+;4-3+;. The highest BCUT2D eigenvalue weighted by Gasteiger charge is 2.11. The Hall–Kier alpha value is -7.92. The maximum absolute atomic E-state index is 6.06. The molecule has 0 aromatic heterocycles. The van der Waals surface area contributed by atoms with Gasteiger partial charge in [0.05, 0.1) is 28.4 Å². The minimum Gasteiger partial charge on any atom is -0.490 e. The average molecular weight is 874 g/mol. The molecule has 0 saturated carbocycles. The topological polar surface area (TPSA) is 184 Å². The van der Waals surface area contributed by atoms with Crippen LogP contribution in [0.5, 0.6) is 11.5 Å². The summed E-state index contributed by atoms with van der Waals surface area (Å²) in [6, 6.07) is 41.1. The maximum atomic E-state index is 6.06. The van der Waals surface area contributed by atoms with Crippen LogP contribution in [0.2, 0.25) is 0 Å². The fourth-order valence-corrected chi connectivity index (χ4v) is 6.50. The number of rotatable bonds is 18. The summed E-state index contributed by atoms with van der Waals surface area (Å²) in [6.07, 6.45) is 11.9. The lowest BCUT2D eigenvalue weighted by atomic mass is 10.1. The Morgan fingerprint density at radius 3 is 1.74 bits per heavy atom. The molecule has 0 atom stereocenters. The molecule has 0 amide bonds. The molecule has 65 heavy (non-hydrogen) atoms. The van der Waals surface area contributed by atoms with Crippen LogP contribution in [0.25, 0.3) is 0 Å². The summed E-state index contributed by atoms with van der Waals surface area (Å²) in [5.41, 5.74) is 47.0. The molecule has 340 valence electrons. The van der Waals surface area contributed by atoms with Crippen molar-refractivity contribution < 1.29 is 9.47 Å². The Morgan fingerprint density at radius 1 is 0.477 bits per heavy atom. The molecule has 0 bridgehead atoms. The SMILES string of the molecule is C=CCN(C/C=C/COc1cc(N)ccc1N)c1cccc(C)c1.C=CCN(c1ccc(C)cc1)c1ccc(N)cc1N.Cc1cccc(OC/C=C/CN(C)c2cc(N)ccc2N)c1. The van der Waals surface area contributed by atoms with Crippen LogP contribution in [0, 0.1) is 20.8 Å². The van der Waals surface area contributed by atoms with Crippen LogP contribution in [-0.2, 0) is 0 Å². The van der Waals surface area contributed by atoms with Crippen molar-refractivity contribution in [1.29, 1.82) is 0 Å². The van der Waals surface area contributed by atoms with Gasteiger partial charge in [-0.1, -0.05) is 66.3 Å². The molecule has 0 radical (unpaired) electrons. The van der Waals surface area contributed by atoms with Gasteiger partial charge in [0.1, 0.15) is 24.7 Å². The van der Waals surface area contributed by atoms with Gasteiger partial charge < -0.3 is 58.6 Å². The molecule has 0 aliphatic carbocycles. The van der Waals surface area contributed by atoms with E-state index in [0.29, 0.717) is 53.9 Å². The van der Waals surface area contributed by atoms with Gasteiger partial charge in [0.2, 0.25) is 0 Å². The van der Waals surface area contributed by atoms with Crippen LogP contribution < -0.4 is 58.6 Å². The van der Waals surface area contributed by atoms with Crippen LogP contribution in [0.4, 0.5) is 56.9 Å². The highest BCUT2D eigenvalue weighted by molar-refractivity contribution is 5.78. The van der Waals surface area contributed by atoms with Gasteiger partial charge in [-0.25, -0.2) is 0 Å². The van der Waals surface area contributed by atoms with Gasteiger partial charge in [-0.15, -0.1) is 13.2 Å². The lowest BCUT2D eigenvalue weighted by Crippen LogP contribution is -2.23. The van der Waals surface area contributed by atoms with Crippen LogP contribution in [0.15, 0.2) is 177 Å². The first kappa shape index (κ1) is 49.7. The molecule has 12 N–H and O–H groups in total. The van der Waals surface area contributed by atoms with Crippen molar-refractivity contribution >= 4 is 56.9 Å². The van der Waals surface area contributed by atoms with Gasteiger partial charge in [0.15, 0.2) is 0 Å². The van der Waals surface area contributed by atoms with Crippen LogP contribution in [-0.4, -0.2) is 46.4 Å². The fourth-order valence-electron chi connectivity index (χ4n) is 6.50. The monoisotopic (exact) mass is 874 g/mol. The smallest absolute Gasteiger partial charge is 0.144 e. The van der Waals surface area contributed by atoms with Crippen LogP contribution in [0.1, 0.15) is 16.7 Å². The number of nitrogen functional groups attached to an aromatic ring is 6. The molecule has 6 aromatic rings. The predicted octanol–water partition coefficient (Wildman–Crippen LogP) is 10.5. The number of anilines is 10. The Kier molecular flexibility index (Phi) is 19.8. The lowest BCUT2D eigenvalue weighted by Gasteiger charge is -2.25. The van der Waals surface area contributed by atoms with E-state index in [4.69, 9.17) is 43.9 Å². The molecule has 6 aromatic carbocycles. The number of benzene rings is 6. The van der Waals surface area contributed by atoms with E-state index in [1.807, 2.05) is 86.8 Å². The largest absolute Gasteiger partial charge is 0.490 e. The Labute approximate surface area is 386 Å². The van der Waals surface area contributed by atoms with Crippen molar-refractivity contribution in [2.45, 2.75) is 20.8 Å². The molecule has 0 fully saturated rings. The molecular weight excluding hydrogens is 807 g/mol. The van der Waals surface area contributed by atoms with E-state index in [9.17, 15) is 0 Å². The average Bonchev–Trinajstić information content (AvgIpc) is 3.28. The van der Waals surface area contributed by atoms with E-state index >= 15 is 0 Å². The summed E-state index contributed by atoms with van der Waals surface area (Å²) in [7, 11) is 1.98. The Balaban J connectivity index is 0.000000215. The number of ether oxygens (including phenoxy) is 2. The zero-order valence-electron chi connectivity index (χ0n) is 38.4. The number of hydrogen-bond donors (Lipinski definition) is 6. The molecule has 0 spiro atoms. The first-order valence-corrected chi connectivity index (χ1v) is 21.4. The van der Waals surface area contributed by atoms with Gasteiger partial charge in [-0.2, -0.15) is 0 Å². The van der Waals surface area contributed by atoms with E-state index in [1.165, 1.54) is 22.4 Å². The first-order valence-electron chi connectivity index (χ1n) is 21.4. The zero-order chi connectivity index (χ0) is 47.1. The molecule has 11 nitrogen and oxygen atoms in total. The van der Waals surface area contributed by atoms with Gasteiger partial charge in [0.25, 0.3) is 0 Å². The van der Waals surface area contributed by atoms with Crippen molar-refractivity contribution in [2.24, 2.45) is 0 Å². The van der Waals surface area contributed by atoms with Gasteiger partial charge in [0, 0.05) is 67.7 Å². The summed E-state index contributed by atoms with van der Waals surface area (Å²) in [5, 5.41) is 0. The zero-order valence-corrected chi connectivity index (χ0v) is 38.4. The van der Waals surface area contributed by atoms with Crippen molar-refractivity contribution in [1.82, 2.24) is 0 Å². The van der Waals surface area contributed by atoms with E-state index in [2.05, 4.69) is 102 Å². The lowest BCUT2D eigenvalue weighted by molar-refractivity contribution is 0.362. The molecular formula is C54H67N9O2. The van der Waals surface area contributed by atoms with Crippen molar-refractivity contribution in [3.8, 4) is 11.5 Å². The Bertz CT molecular complexity index is 2480. The van der Waals surface area contributed by atoms with E-state index in [-0.39, 0.29) is 0 Å². The third-order valence-electron chi connectivity index (χ3n) is 9.93. The molecule has 0 aliphatic rings. The van der Waals surface area contributed by atoms with Crippen molar-refractivity contribution in [2.75, 3.05) is 95.5 Å². The Morgan fingerprint density at radius 2 is 1.08 bits per heavy atom. The first-order chi connectivity index (χ1) is 31.3. The maximum Gasteiger partial charge on any atom is 0.144 e. The predicted molar refractivity (Wildman–Crippen MR) is 281 cm³/mol. The van der Waals surface area contributed by atoms with E-state index in [1.54, 1.807) is 30.3 Å². The molecule has 0 heterocycles. The molecule has 0 saturated heterocycles. The number of likely N-dealkylation sites (N-methyl/N-ethyl adjacent to an activating group) is 1. The second-order valence-electron chi connectivity index (χ2n) is 15.5. The van der Waals surface area contributed by atoms with E-state index < -0.39 is 0 Å². The highest BCUT2D eigenvalue weighted by atomic mass is 16.5. The minimum atomic E-state index is 0.448. The molecule has 0 unspecified atom stereocenters. The summed E-state index contributed by atoms with van der Waals surface area (Å²) in [4.78, 5) is 6.40. The van der Waals surface area contributed by atoms with Gasteiger partial charge in [-0.3, -0.25) is 0 Å². The third-order valence-corrected chi connectivity index (χ3v) is 9.93. The quantitative estimate of drug-likeness (QED) is 0.0357. The molecule has 6 rings (SSSR count).